The lowest BCUT2D eigenvalue weighted by Gasteiger charge is -2.05. The predicted molar refractivity (Wildman–Crippen MR) is 61.3 cm³/mol. The SMILES string of the molecule is OC[C@@H](O)CSCc1sccc1Br. The quantitative estimate of drug-likeness (QED) is 0.869. The molecule has 0 aliphatic heterocycles. The van der Waals surface area contributed by atoms with Gasteiger partial charge in [0.1, 0.15) is 0 Å². The molecule has 0 aliphatic carbocycles. The molecule has 0 bridgehead atoms. The van der Waals surface area contributed by atoms with Crippen molar-refractivity contribution in [3.8, 4) is 0 Å². The van der Waals surface area contributed by atoms with E-state index in [1.54, 1.807) is 23.1 Å². The van der Waals surface area contributed by atoms with Crippen molar-refractivity contribution in [2.24, 2.45) is 0 Å². The molecule has 0 unspecified atom stereocenters. The lowest BCUT2D eigenvalue weighted by molar-refractivity contribution is 0.113. The molecule has 5 heteroatoms. The molecule has 2 nitrogen and oxygen atoms in total. The number of thiophene rings is 1. The lowest BCUT2D eigenvalue weighted by Crippen LogP contribution is -2.14. The predicted octanol–water partition coefficient (Wildman–Crippen LogP) is 2.10. The van der Waals surface area contributed by atoms with Crippen LogP contribution in [-0.2, 0) is 5.75 Å². The van der Waals surface area contributed by atoms with E-state index in [1.807, 2.05) is 11.4 Å². The number of hydrogen-bond acceptors (Lipinski definition) is 4. The molecule has 0 amide bonds. The van der Waals surface area contributed by atoms with Crippen LogP contribution in [0.3, 0.4) is 0 Å². The summed E-state index contributed by atoms with van der Waals surface area (Å²) in [4.78, 5) is 1.27. The third kappa shape index (κ3) is 3.99. The second kappa shape index (κ2) is 6.03. The summed E-state index contributed by atoms with van der Waals surface area (Å²) in [6, 6.07) is 2.02. The van der Waals surface area contributed by atoms with Crippen molar-refractivity contribution in [1.29, 1.82) is 0 Å². The largest absolute Gasteiger partial charge is 0.394 e. The Bertz CT molecular complexity index is 252. The van der Waals surface area contributed by atoms with E-state index in [-0.39, 0.29) is 6.61 Å². The fraction of sp³-hybridized carbons (Fsp3) is 0.500. The molecule has 0 radical (unpaired) electrons. The molecule has 1 rings (SSSR count). The van der Waals surface area contributed by atoms with E-state index in [9.17, 15) is 0 Å². The Morgan fingerprint density at radius 3 is 2.92 bits per heavy atom. The maximum absolute atomic E-state index is 9.08. The first-order valence-electron chi connectivity index (χ1n) is 3.82. The van der Waals surface area contributed by atoms with Gasteiger partial charge in [-0.2, -0.15) is 11.8 Å². The number of rotatable bonds is 5. The van der Waals surface area contributed by atoms with Crippen molar-refractivity contribution in [2.45, 2.75) is 11.9 Å². The highest BCUT2D eigenvalue weighted by Crippen LogP contribution is 2.26. The molecular formula is C8H11BrO2S2. The number of hydrogen-bond donors (Lipinski definition) is 2. The Balaban J connectivity index is 2.24. The first-order valence-corrected chi connectivity index (χ1v) is 6.65. The van der Waals surface area contributed by atoms with E-state index in [0.29, 0.717) is 5.75 Å². The van der Waals surface area contributed by atoms with Crippen molar-refractivity contribution >= 4 is 39.0 Å². The van der Waals surface area contributed by atoms with Gasteiger partial charge in [0.15, 0.2) is 0 Å². The summed E-state index contributed by atoms with van der Waals surface area (Å²) in [5.74, 6) is 1.47. The van der Waals surface area contributed by atoms with Gasteiger partial charge in [0.2, 0.25) is 0 Å². The van der Waals surface area contributed by atoms with Crippen LogP contribution in [-0.4, -0.2) is 28.7 Å². The van der Waals surface area contributed by atoms with Crippen molar-refractivity contribution in [3.05, 3.63) is 20.8 Å². The summed E-state index contributed by atoms with van der Waals surface area (Å²) in [5, 5.41) is 19.7. The van der Waals surface area contributed by atoms with Gasteiger partial charge in [-0.15, -0.1) is 11.3 Å². The van der Waals surface area contributed by atoms with Gasteiger partial charge in [-0.25, -0.2) is 0 Å². The molecule has 0 spiro atoms. The molecule has 74 valence electrons. The average molecular weight is 283 g/mol. The van der Waals surface area contributed by atoms with E-state index in [1.165, 1.54) is 4.88 Å². The highest BCUT2D eigenvalue weighted by atomic mass is 79.9. The first kappa shape index (κ1) is 11.5. The zero-order valence-electron chi connectivity index (χ0n) is 6.94. The van der Waals surface area contributed by atoms with Crippen molar-refractivity contribution < 1.29 is 10.2 Å². The number of thioether (sulfide) groups is 1. The minimum Gasteiger partial charge on any atom is -0.394 e. The Kier molecular flexibility index (Phi) is 5.35. The summed E-state index contributed by atoms with van der Waals surface area (Å²) in [5.41, 5.74) is 0. The number of aliphatic hydroxyl groups is 2. The number of halogens is 1. The van der Waals surface area contributed by atoms with E-state index in [2.05, 4.69) is 15.9 Å². The molecule has 1 heterocycles. The molecule has 0 saturated heterocycles. The Morgan fingerprint density at radius 2 is 2.38 bits per heavy atom. The fourth-order valence-electron chi connectivity index (χ4n) is 0.768. The highest BCUT2D eigenvalue weighted by Gasteiger charge is 2.04. The molecule has 0 fully saturated rings. The first-order chi connectivity index (χ1) is 6.24. The zero-order valence-corrected chi connectivity index (χ0v) is 10.2. The van der Waals surface area contributed by atoms with Crippen molar-refractivity contribution in [3.63, 3.8) is 0 Å². The minimum absolute atomic E-state index is 0.154. The molecule has 0 aliphatic rings. The minimum atomic E-state index is -0.594. The molecule has 0 aromatic carbocycles. The van der Waals surface area contributed by atoms with Crippen molar-refractivity contribution in [2.75, 3.05) is 12.4 Å². The van der Waals surface area contributed by atoms with Gasteiger partial charge < -0.3 is 10.2 Å². The van der Waals surface area contributed by atoms with Gasteiger partial charge in [-0.1, -0.05) is 0 Å². The molecule has 1 aromatic heterocycles. The zero-order chi connectivity index (χ0) is 9.68. The summed E-state index contributed by atoms with van der Waals surface area (Å²) in [6.45, 7) is -0.154. The third-order valence-corrected chi connectivity index (χ3v) is 4.67. The topological polar surface area (TPSA) is 40.5 Å². The van der Waals surface area contributed by atoms with E-state index in [4.69, 9.17) is 10.2 Å². The van der Waals surface area contributed by atoms with Gasteiger partial charge in [0.25, 0.3) is 0 Å². The van der Waals surface area contributed by atoms with Crippen LogP contribution < -0.4 is 0 Å². The summed E-state index contributed by atoms with van der Waals surface area (Å²) < 4.78 is 1.13. The Labute approximate surface area is 94.1 Å². The normalized spacial score (nSPS) is 13.2. The van der Waals surface area contributed by atoms with Crippen LogP contribution in [0.2, 0.25) is 0 Å². The maximum atomic E-state index is 9.08. The van der Waals surface area contributed by atoms with Crippen LogP contribution in [0.5, 0.6) is 0 Å². The molecule has 13 heavy (non-hydrogen) atoms. The molecule has 1 aromatic rings. The van der Waals surface area contributed by atoms with E-state index >= 15 is 0 Å². The Hall–Kier alpha value is 0.450. The van der Waals surface area contributed by atoms with Crippen LogP contribution >= 0.6 is 39.0 Å². The van der Waals surface area contributed by atoms with E-state index < -0.39 is 6.10 Å². The lowest BCUT2D eigenvalue weighted by atomic mass is 10.4. The summed E-state index contributed by atoms with van der Waals surface area (Å²) >= 11 is 6.76. The molecular weight excluding hydrogens is 272 g/mol. The summed E-state index contributed by atoms with van der Waals surface area (Å²) in [6.07, 6.45) is -0.594. The smallest absolute Gasteiger partial charge is 0.0861 e. The fourth-order valence-corrected chi connectivity index (χ4v) is 3.59. The molecule has 1 atom stereocenters. The van der Waals surface area contributed by atoms with Gasteiger partial charge in [-0.3, -0.25) is 0 Å². The number of aliphatic hydroxyl groups excluding tert-OH is 2. The van der Waals surface area contributed by atoms with Gasteiger partial charge in [-0.05, 0) is 27.4 Å². The van der Waals surface area contributed by atoms with Gasteiger partial charge in [0, 0.05) is 20.9 Å². The molecule has 2 N–H and O–H groups in total. The van der Waals surface area contributed by atoms with Crippen LogP contribution in [0.15, 0.2) is 15.9 Å². The highest BCUT2D eigenvalue weighted by molar-refractivity contribution is 9.10. The van der Waals surface area contributed by atoms with Gasteiger partial charge >= 0.3 is 0 Å². The average Bonchev–Trinajstić information content (AvgIpc) is 2.52. The van der Waals surface area contributed by atoms with Crippen LogP contribution in [0.4, 0.5) is 0 Å². The van der Waals surface area contributed by atoms with Crippen LogP contribution in [0, 0.1) is 0 Å². The monoisotopic (exact) mass is 282 g/mol. The third-order valence-electron chi connectivity index (χ3n) is 1.45. The Morgan fingerprint density at radius 1 is 1.62 bits per heavy atom. The van der Waals surface area contributed by atoms with Crippen molar-refractivity contribution in [1.82, 2.24) is 0 Å². The summed E-state index contributed by atoms with van der Waals surface area (Å²) in [7, 11) is 0. The standard InChI is InChI=1S/C8H11BrO2S2/c9-7-1-2-13-8(7)5-12-4-6(11)3-10/h1-2,6,10-11H,3-5H2/t6-/m1/s1. The van der Waals surface area contributed by atoms with Crippen LogP contribution in [0.25, 0.3) is 0 Å². The molecule has 0 saturated carbocycles. The second-order valence-electron chi connectivity index (χ2n) is 2.54. The van der Waals surface area contributed by atoms with Crippen LogP contribution in [0.1, 0.15) is 4.88 Å². The maximum Gasteiger partial charge on any atom is 0.0861 e. The van der Waals surface area contributed by atoms with E-state index in [0.717, 1.165) is 10.2 Å². The van der Waals surface area contributed by atoms with Gasteiger partial charge in [0.05, 0.1) is 12.7 Å². The second-order valence-corrected chi connectivity index (χ2v) is 5.43.